The van der Waals surface area contributed by atoms with Crippen molar-refractivity contribution < 1.29 is 18.7 Å². The van der Waals surface area contributed by atoms with E-state index in [9.17, 15) is 9.59 Å². The van der Waals surface area contributed by atoms with Crippen molar-refractivity contribution >= 4 is 40.7 Å². The lowest BCUT2D eigenvalue weighted by Crippen LogP contribution is -2.17. The molecular formula is C18H15IN4O4. The second-order valence-electron chi connectivity index (χ2n) is 5.51. The fourth-order valence-corrected chi connectivity index (χ4v) is 2.96. The van der Waals surface area contributed by atoms with Gasteiger partial charge in [0, 0.05) is 7.05 Å². The molecule has 3 rings (SSSR count). The third-order valence-corrected chi connectivity index (χ3v) is 4.45. The van der Waals surface area contributed by atoms with Gasteiger partial charge < -0.3 is 9.15 Å². The van der Waals surface area contributed by atoms with Crippen LogP contribution < -0.4 is 10.2 Å². The highest BCUT2D eigenvalue weighted by atomic mass is 127. The number of hydrazone groups is 1. The number of nitrogens with one attached hydrogen (secondary N) is 1. The number of aryl methyl sites for hydroxylation is 2. The normalized spacial score (nSPS) is 10.9. The van der Waals surface area contributed by atoms with Crippen molar-refractivity contribution in [2.24, 2.45) is 12.1 Å². The van der Waals surface area contributed by atoms with E-state index in [1.54, 1.807) is 50.5 Å². The topological polar surface area (TPSA) is 98.7 Å². The standard InChI is InChI=1S/C18H15IN4O4/c1-11-14(7-8-26-11)17(24)22-20-9-12-3-5-13(6-4-12)27-18(25)16-15(19)10-21-23(16)2/h3-10H,1-2H3,(H,22,24)/b20-9+. The molecule has 0 unspecified atom stereocenters. The number of benzene rings is 1. The Kier molecular flexibility index (Phi) is 5.69. The average Bonchev–Trinajstić information content (AvgIpc) is 3.21. The summed E-state index contributed by atoms with van der Waals surface area (Å²) in [7, 11) is 1.68. The number of carbonyl (C=O) groups is 2. The molecule has 0 spiro atoms. The molecule has 1 aromatic carbocycles. The third kappa shape index (κ3) is 4.42. The summed E-state index contributed by atoms with van der Waals surface area (Å²) < 4.78 is 12.6. The highest BCUT2D eigenvalue weighted by Gasteiger charge is 2.17. The van der Waals surface area contributed by atoms with E-state index in [1.807, 2.05) is 22.6 Å². The van der Waals surface area contributed by atoms with Gasteiger partial charge in [-0.15, -0.1) is 0 Å². The van der Waals surface area contributed by atoms with E-state index in [0.717, 1.165) is 5.56 Å². The average molecular weight is 478 g/mol. The van der Waals surface area contributed by atoms with Gasteiger partial charge >= 0.3 is 5.97 Å². The van der Waals surface area contributed by atoms with Crippen LogP contribution in [0.3, 0.4) is 0 Å². The van der Waals surface area contributed by atoms with Crippen LogP contribution in [0.4, 0.5) is 0 Å². The summed E-state index contributed by atoms with van der Waals surface area (Å²) in [5.41, 5.74) is 3.97. The fraction of sp³-hybridized carbons (Fsp3) is 0.111. The van der Waals surface area contributed by atoms with E-state index in [4.69, 9.17) is 9.15 Å². The largest absolute Gasteiger partial charge is 0.469 e. The van der Waals surface area contributed by atoms with E-state index < -0.39 is 5.97 Å². The van der Waals surface area contributed by atoms with Crippen LogP contribution in [0, 0.1) is 10.5 Å². The van der Waals surface area contributed by atoms with Gasteiger partial charge in [-0.1, -0.05) is 0 Å². The first-order valence-corrected chi connectivity index (χ1v) is 8.91. The van der Waals surface area contributed by atoms with Gasteiger partial charge in [-0.3, -0.25) is 9.48 Å². The minimum absolute atomic E-state index is 0.353. The third-order valence-electron chi connectivity index (χ3n) is 3.66. The summed E-state index contributed by atoms with van der Waals surface area (Å²) in [5.74, 6) is 0.0848. The molecule has 0 aliphatic carbocycles. The number of hydrogen-bond donors (Lipinski definition) is 1. The summed E-state index contributed by atoms with van der Waals surface area (Å²) in [6.45, 7) is 1.70. The summed E-state index contributed by atoms with van der Waals surface area (Å²) >= 11 is 2.03. The van der Waals surface area contributed by atoms with E-state index in [1.165, 1.54) is 17.2 Å². The number of nitrogens with zero attached hydrogens (tertiary/aromatic N) is 3. The molecule has 2 heterocycles. The Morgan fingerprint density at radius 1 is 1.30 bits per heavy atom. The van der Waals surface area contributed by atoms with Gasteiger partial charge in [-0.05, 0) is 65.4 Å². The van der Waals surface area contributed by atoms with Crippen molar-refractivity contribution in [1.82, 2.24) is 15.2 Å². The summed E-state index contributed by atoms with van der Waals surface area (Å²) in [4.78, 5) is 24.1. The van der Waals surface area contributed by atoms with Gasteiger partial charge in [0.25, 0.3) is 5.91 Å². The zero-order valence-corrected chi connectivity index (χ0v) is 16.6. The van der Waals surface area contributed by atoms with Crippen LogP contribution in [0.15, 0.2) is 52.3 Å². The van der Waals surface area contributed by atoms with Crippen LogP contribution in [0.2, 0.25) is 0 Å². The van der Waals surface area contributed by atoms with Gasteiger partial charge in [-0.25, -0.2) is 10.2 Å². The zero-order valence-electron chi connectivity index (χ0n) is 14.5. The molecule has 0 saturated heterocycles. The van der Waals surface area contributed by atoms with Gasteiger partial charge in [0.15, 0.2) is 5.69 Å². The van der Waals surface area contributed by atoms with Crippen LogP contribution in [-0.2, 0) is 7.05 Å². The SMILES string of the molecule is Cc1occc1C(=O)N/N=C/c1ccc(OC(=O)c2c(I)cnn2C)cc1. The van der Waals surface area contributed by atoms with Crippen molar-refractivity contribution in [3.63, 3.8) is 0 Å². The molecule has 0 atom stereocenters. The van der Waals surface area contributed by atoms with E-state index in [0.29, 0.717) is 26.3 Å². The first-order valence-electron chi connectivity index (χ1n) is 7.83. The molecule has 0 bridgehead atoms. The smallest absolute Gasteiger partial charge is 0.363 e. The summed E-state index contributed by atoms with van der Waals surface area (Å²) in [6.07, 6.45) is 4.53. The van der Waals surface area contributed by atoms with Crippen molar-refractivity contribution in [2.75, 3.05) is 0 Å². The number of rotatable bonds is 5. The molecular weight excluding hydrogens is 463 g/mol. The van der Waals surface area contributed by atoms with E-state index in [-0.39, 0.29) is 5.91 Å². The van der Waals surface area contributed by atoms with Gasteiger partial charge in [0.05, 0.1) is 27.8 Å². The van der Waals surface area contributed by atoms with Gasteiger partial charge in [0.1, 0.15) is 11.5 Å². The Balaban J connectivity index is 1.59. The van der Waals surface area contributed by atoms with Crippen LogP contribution in [0.1, 0.15) is 32.2 Å². The highest BCUT2D eigenvalue weighted by Crippen LogP contribution is 2.16. The number of amides is 1. The Bertz CT molecular complexity index is 985. The second-order valence-corrected chi connectivity index (χ2v) is 6.68. The Hall–Kier alpha value is -2.95. The number of esters is 1. The molecule has 8 nitrogen and oxygen atoms in total. The molecule has 27 heavy (non-hydrogen) atoms. The number of furan rings is 1. The van der Waals surface area contributed by atoms with Crippen LogP contribution >= 0.6 is 22.6 Å². The number of ether oxygens (including phenoxy) is 1. The first kappa shape index (κ1) is 18.8. The fourth-order valence-electron chi connectivity index (χ4n) is 2.26. The maximum Gasteiger partial charge on any atom is 0.363 e. The predicted molar refractivity (Wildman–Crippen MR) is 106 cm³/mol. The van der Waals surface area contributed by atoms with Crippen molar-refractivity contribution in [3.05, 3.63) is 68.9 Å². The highest BCUT2D eigenvalue weighted by molar-refractivity contribution is 14.1. The monoisotopic (exact) mass is 478 g/mol. The quantitative estimate of drug-likeness (QED) is 0.200. The molecule has 0 saturated carbocycles. The lowest BCUT2D eigenvalue weighted by molar-refractivity contribution is 0.0721. The molecule has 0 fully saturated rings. The minimum atomic E-state index is -0.483. The predicted octanol–water partition coefficient (Wildman–Crippen LogP) is 2.91. The maximum absolute atomic E-state index is 12.2. The molecule has 9 heteroatoms. The number of aromatic nitrogens is 2. The van der Waals surface area contributed by atoms with Crippen LogP contribution in [0.25, 0.3) is 0 Å². The van der Waals surface area contributed by atoms with Crippen LogP contribution in [0.5, 0.6) is 5.75 Å². The molecule has 0 aliphatic rings. The first-order chi connectivity index (χ1) is 13.0. The van der Waals surface area contributed by atoms with Crippen molar-refractivity contribution in [1.29, 1.82) is 0 Å². The molecule has 1 N–H and O–H groups in total. The molecule has 0 radical (unpaired) electrons. The van der Waals surface area contributed by atoms with Gasteiger partial charge in [-0.2, -0.15) is 10.2 Å². The van der Waals surface area contributed by atoms with E-state index >= 15 is 0 Å². The van der Waals surface area contributed by atoms with Crippen molar-refractivity contribution in [3.8, 4) is 5.75 Å². The van der Waals surface area contributed by atoms with Crippen molar-refractivity contribution in [2.45, 2.75) is 6.92 Å². The number of hydrogen-bond acceptors (Lipinski definition) is 6. The molecule has 0 aliphatic heterocycles. The molecule has 2 aromatic heterocycles. The van der Waals surface area contributed by atoms with Crippen LogP contribution in [-0.4, -0.2) is 27.9 Å². The lowest BCUT2D eigenvalue weighted by Gasteiger charge is -2.05. The zero-order chi connectivity index (χ0) is 19.4. The Labute approximate surface area is 168 Å². The number of halogens is 1. The molecule has 3 aromatic rings. The summed E-state index contributed by atoms with van der Waals surface area (Å²) in [6, 6.07) is 8.30. The molecule has 138 valence electrons. The van der Waals surface area contributed by atoms with E-state index in [2.05, 4.69) is 15.6 Å². The minimum Gasteiger partial charge on any atom is -0.469 e. The lowest BCUT2D eigenvalue weighted by atomic mass is 10.2. The maximum atomic E-state index is 12.2. The molecule has 1 amide bonds. The van der Waals surface area contributed by atoms with Gasteiger partial charge in [0.2, 0.25) is 0 Å². The Morgan fingerprint density at radius 3 is 2.63 bits per heavy atom. The summed E-state index contributed by atoms with van der Waals surface area (Å²) in [5, 5.41) is 7.92. The second kappa shape index (κ2) is 8.16. The Morgan fingerprint density at radius 2 is 2.04 bits per heavy atom. The number of carbonyl (C=O) groups excluding carboxylic acids is 2.